The number of aromatic amines is 1. The second-order valence-electron chi connectivity index (χ2n) is 4.02. The Morgan fingerprint density at radius 1 is 1.33 bits per heavy atom. The first-order chi connectivity index (χ1) is 8.83. The van der Waals surface area contributed by atoms with E-state index in [1.807, 2.05) is 18.2 Å². The molecule has 1 aromatic heterocycles. The summed E-state index contributed by atoms with van der Waals surface area (Å²) in [5, 5.41) is 2.10. The van der Waals surface area contributed by atoms with Crippen LogP contribution in [-0.4, -0.2) is 28.2 Å². The molecule has 0 saturated carbocycles. The van der Waals surface area contributed by atoms with Crippen molar-refractivity contribution in [3.63, 3.8) is 0 Å². The molecule has 0 atom stereocenters. The summed E-state index contributed by atoms with van der Waals surface area (Å²) >= 11 is 5.23. The van der Waals surface area contributed by atoms with Crippen molar-refractivity contribution in [3.05, 3.63) is 18.2 Å². The van der Waals surface area contributed by atoms with Crippen LogP contribution in [0.5, 0.6) is 5.75 Å². The van der Waals surface area contributed by atoms with E-state index >= 15 is 0 Å². The Morgan fingerprint density at radius 2 is 2.22 bits per heavy atom. The Morgan fingerprint density at radius 3 is 3.00 bits per heavy atom. The summed E-state index contributed by atoms with van der Waals surface area (Å²) in [5.41, 5.74) is 2.04. The lowest BCUT2D eigenvalue weighted by atomic mass is 10.3. The Bertz CT molecular complexity index is 501. The number of fused-ring (bicyclic) bond motifs is 1. The van der Waals surface area contributed by atoms with Gasteiger partial charge in [0.05, 0.1) is 18.1 Å². The van der Waals surface area contributed by atoms with Gasteiger partial charge in [-0.1, -0.05) is 34.1 Å². The number of hydrogen-bond donors (Lipinski definition) is 1. The molecule has 2 rings (SSSR count). The summed E-state index contributed by atoms with van der Waals surface area (Å²) in [4.78, 5) is 7.87. The standard InChI is InChI=1S/C13H17BrN2OS/c1-17-10-5-6-11-12(9-10)16-13(15-11)18-8-4-2-3-7-14/h5-6,9H,2-4,7-8H2,1H3,(H,15,16). The van der Waals surface area contributed by atoms with Crippen molar-refractivity contribution in [1.82, 2.24) is 9.97 Å². The van der Waals surface area contributed by atoms with Gasteiger partial charge in [-0.25, -0.2) is 4.98 Å². The van der Waals surface area contributed by atoms with Gasteiger partial charge < -0.3 is 9.72 Å². The van der Waals surface area contributed by atoms with Crippen molar-refractivity contribution in [3.8, 4) is 5.75 Å². The predicted molar refractivity (Wildman–Crippen MR) is 81.0 cm³/mol. The Kier molecular flexibility index (Phi) is 5.38. The maximum atomic E-state index is 5.20. The van der Waals surface area contributed by atoms with E-state index in [-0.39, 0.29) is 0 Å². The van der Waals surface area contributed by atoms with Gasteiger partial charge in [-0.15, -0.1) is 0 Å². The molecule has 0 radical (unpaired) electrons. The molecular formula is C13H17BrN2OS. The number of hydrogen-bond acceptors (Lipinski definition) is 3. The number of aromatic nitrogens is 2. The first-order valence-electron chi connectivity index (χ1n) is 6.06. The molecule has 18 heavy (non-hydrogen) atoms. The molecule has 5 heteroatoms. The van der Waals surface area contributed by atoms with E-state index < -0.39 is 0 Å². The van der Waals surface area contributed by atoms with E-state index in [4.69, 9.17) is 4.74 Å². The number of rotatable bonds is 7. The van der Waals surface area contributed by atoms with Crippen LogP contribution < -0.4 is 4.74 Å². The van der Waals surface area contributed by atoms with Crippen molar-refractivity contribution in [1.29, 1.82) is 0 Å². The number of H-pyrrole nitrogens is 1. The number of thioether (sulfide) groups is 1. The number of benzene rings is 1. The second-order valence-corrected chi connectivity index (χ2v) is 5.90. The largest absolute Gasteiger partial charge is 0.497 e. The third-order valence-electron chi connectivity index (χ3n) is 2.68. The fourth-order valence-corrected chi connectivity index (χ4v) is 2.99. The van der Waals surface area contributed by atoms with Crippen LogP contribution in [0.1, 0.15) is 19.3 Å². The Labute approximate surface area is 120 Å². The quantitative estimate of drug-likeness (QED) is 0.469. The van der Waals surface area contributed by atoms with Crippen LogP contribution in [0.4, 0.5) is 0 Å². The van der Waals surface area contributed by atoms with Crippen LogP contribution >= 0.6 is 27.7 Å². The summed E-state index contributed by atoms with van der Waals surface area (Å²) in [7, 11) is 1.68. The minimum absolute atomic E-state index is 0.861. The number of halogens is 1. The summed E-state index contributed by atoms with van der Waals surface area (Å²) in [6.07, 6.45) is 3.75. The minimum atomic E-state index is 0.861. The normalized spacial score (nSPS) is 11.0. The lowest BCUT2D eigenvalue weighted by molar-refractivity contribution is 0.415. The molecule has 98 valence electrons. The molecule has 2 aromatic rings. The maximum absolute atomic E-state index is 5.20. The lowest BCUT2D eigenvalue weighted by Crippen LogP contribution is -1.83. The number of alkyl halides is 1. The summed E-state index contributed by atoms with van der Waals surface area (Å²) in [6, 6.07) is 5.91. The summed E-state index contributed by atoms with van der Waals surface area (Å²) in [6.45, 7) is 0. The van der Waals surface area contributed by atoms with Gasteiger partial charge in [0, 0.05) is 17.1 Å². The molecule has 0 spiro atoms. The molecule has 0 unspecified atom stereocenters. The average Bonchev–Trinajstić information content (AvgIpc) is 2.80. The molecule has 0 fully saturated rings. The van der Waals surface area contributed by atoms with E-state index in [0.29, 0.717) is 0 Å². The van der Waals surface area contributed by atoms with Gasteiger partial charge in [0.15, 0.2) is 5.16 Å². The van der Waals surface area contributed by atoms with Gasteiger partial charge in [0.2, 0.25) is 0 Å². The van der Waals surface area contributed by atoms with Crippen LogP contribution in [0.2, 0.25) is 0 Å². The van der Waals surface area contributed by atoms with E-state index in [9.17, 15) is 0 Å². The predicted octanol–water partition coefficient (Wildman–Crippen LogP) is 4.23. The second kappa shape index (κ2) is 7.04. The van der Waals surface area contributed by atoms with Gasteiger partial charge in [0.25, 0.3) is 0 Å². The fourth-order valence-electron chi connectivity index (χ4n) is 1.70. The van der Waals surface area contributed by atoms with Crippen LogP contribution in [0.25, 0.3) is 11.0 Å². The number of unbranched alkanes of at least 4 members (excludes halogenated alkanes) is 2. The molecular weight excluding hydrogens is 312 g/mol. The van der Waals surface area contributed by atoms with Gasteiger partial charge in [-0.05, 0) is 25.0 Å². The number of ether oxygens (including phenoxy) is 1. The van der Waals surface area contributed by atoms with Crippen LogP contribution in [0, 0.1) is 0 Å². The van der Waals surface area contributed by atoms with Gasteiger partial charge in [-0.3, -0.25) is 0 Å². The van der Waals surface area contributed by atoms with E-state index in [0.717, 1.165) is 33.0 Å². The molecule has 0 saturated heterocycles. The molecule has 0 aliphatic heterocycles. The number of nitrogens with zero attached hydrogens (tertiary/aromatic N) is 1. The highest BCUT2D eigenvalue weighted by atomic mass is 79.9. The van der Waals surface area contributed by atoms with E-state index in [2.05, 4.69) is 25.9 Å². The molecule has 1 N–H and O–H groups in total. The highest BCUT2D eigenvalue weighted by Gasteiger charge is 2.04. The van der Waals surface area contributed by atoms with Crippen LogP contribution in [0.15, 0.2) is 23.4 Å². The van der Waals surface area contributed by atoms with Crippen molar-refractivity contribution >= 4 is 38.7 Å². The zero-order valence-corrected chi connectivity index (χ0v) is 12.8. The molecule has 1 heterocycles. The molecule has 0 bridgehead atoms. The Hall–Kier alpha value is -0.680. The van der Waals surface area contributed by atoms with Gasteiger partial charge in [0.1, 0.15) is 5.75 Å². The van der Waals surface area contributed by atoms with Crippen molar-refractivity contribution in [2.24, 2.45) is 0 Å². The topological polar surface area (TPSA) is 37.9 Å². The lowest BCUT2D eigenvalue weighted by Gasteiger charge is -1.97. The van der Waals surface area contributed by atoms with Gasteiger partial charge in [-0.2, -0.15) is 0 Å². The minimum Gasteiger partial charge on any atom is -0.497 e. The first-order valence-corrected chi connectivity index (χ1v) is 8.16. The smallest absolute Gasteiger partial charge is 0.166 e. The van der Waals surface area contributed by atoms with Crippen molar-refractivity contribution in [2.75, 3.05) is 18.2 Å². The number of imidazole rings is 1. The highest BCUT2D eigenvalue weighted by Crippen LogP contribution is 2.23. The zero-order chi connectivity index (χ0) is 12.8. The summed E-state index contributed by atoms with van der Waals surface area (Å²) in [5.74, 6) is 1.98. The monoisotopic (exact) mass is 328 g/mol. The average molecular weight is 329 g/mol. The van der Waals surface area contributed by atoms with Crippen LogP contribution in [0.3, 0.4) is 0 Å². The van der Waals surface area contributed by atoms with Crippen molar-refractivity contribution < 1.29 is 4.74 Å². The molecule has 0 aliphatic rings. The van der Waals surface area contributed by atoms with Gasteiger partial charge >= 0.3 is 0 Å². The highest BCUT2D eigenvalue weighted by molar-refractivity contribution is 9.09. The maximum Gasteiger partial charge on any atom is 0.166 e. The number of methoxy groups -OCH3 is 1. The third-order valence-corrected chi connectivity index (χ3v) is 4.20. The summed E-state index contributed by atoms with van der Waals surface area (Å²) < 4.78 is 5.20. The molecule has 1 aromatic carbocycles. The first kappa shape index (κ1) is 13.7. The SMILES string of the molecule is COc1ccc2nc(SCCCCCBr)[nH]c2c1. The number of nitrogens with one attached hydrogen (secondary N) is 1. The third kappa shape index (κ3) is 3.65. The molecule has 0 amide bonds. The van der Waals surface area contributed by atoms with E-state index in [1.165, 1.54) is 19.3 Å². The molecule has 3 nitrogen and oxygen atoms in total. The Balaban J connectivity index is 1.93. The van der Waals surface area contributed by atoms with E-state index in [1.54, 1.807) is 18.9 Å². The van der Waals surface area contributed by atoms with Crippen LogP contribution in [-0.2, 0) is 0 Å². The fraction of sp³-hybridized carbons (Fsp3) is 0.462. The zero-order valence-electron chi connectivity index (χ0n) is 10.4. The van der Waals surface area contributed by atoms with Crippen molar-refractivity contribution in [2.45, 2.75) is 24.4 Å². The molecule has 0 aliphatic carbocycles.